The minimum Gasteiger partial charge on any atom is -0.506 e. The molecule has 0 bridgehead atoms. The molecule has 1 saturated heterocycles. The number of nitrogens with zero attached hydrogens (tertiary/aromatic N) is 3. The summed E-state index contributed by atoms with van der Waals surface area (Å²) < 4.78 is 44.8. The average Bonchev–Trinajstić information content (AvgIpc) is 2.68. The molecule has 0 spiro atoms. The predicted octanol–water partition coefficient (Wildman–Crippen LogP) is 4.67. The summed E-state index contributed by atoms with van der Waals surface area (Å²) in [5.74, 6) is -0.306. The number of halogens is 4. The molecule has 154 valence electrons. The first-order chi connectivity index (χ1) is 13.7. The Kier molecular flexibility index (Phi) is 6.08. The fraction of sp³-hybridized carbons (Fsp3) is 0.278. The van der Waals surface area contributed by atoms with E-state index in [0.717, 1.165) is 30.5 Å². The molecule has 0 aliphatic carbocycles. The third-order valence-corrected chi connectivity index (χ3v) is 4.89. The molecule has 7 nitrogen and oxygen atoms in total. The molecule has 0 saturated carbocycles. The quantitative estimate of drug-likeness (QED) is 0.396. The maximum atomic E-state index is 13.2. The fourth-order valence-electron chi connectivity index (χ4n) is 2.82. The monoisotopic (exact) mass is 473 g/mol. The summed E-state index contributed by atoms with van der Waals surface area (Å²) in [4.78, 5) is 16.3. The van der Waals surface area contributed by atoms with E-state index in [0.29, 0.717) is 32.0 Å². The van der Waals surface area contributed by atoms with Crippen LogP contribution in [0.1, 0.15) is 11.1 Å². The Balaban J connectivity index is 2.05. The van der Waals surface area contributed by atoms with Crippen LogP contribution in [0.2, 0.25) is 0 Å². The topological polar surface area (TPSA) is 88.2 Å². The van der Waals surface area contributed by atoms with E-state index in [9.17, 15) is 28.4 Å². The molecule has 0 aromatic heterocycles. The largest absolute Gasteiger partial charge is 0.506 e. The van der Waals surface area contributed by atoms with Gasteiger partial charge in [-0.3, -0.25) is 15.1 Å². The van der Waals surface area contributed by atoms with Crippen LogP contribution in [-0.2, 0) is 10.9 Å². The van der Waals surface area contributed by atoms with Crippen molar-refractivity contribution in [1.82, 2.24) is 0 Å². The molecule has 3 rings (SSSR count). The molecule has 11 heteroatoms. The Bertz CT molecular complexity index is 960. The number of rotatable bonds is 4. The fourth-order valence-corrected chi connectivity index (χ4v) is 3.29. The lowest BCUT2D eigenvalue weighted by atomic mass is 10.1. The van der Waals surface area contributed by atoms with Gasteiger partial charge in [-0.2, -0.15) is 13.2 Å². The van der Waals surface area contributed by atoms with Crippen molar-refractivity contribution in [3.8, 4) is 5.75 Å². The van der Waals surface area contributed by atoms with Crippen LogP contribution in [0.5, 0.6) is 5.75 Å². The van der Waals surface area contributed by atoms with E-state index in [4.69, 9.17) is 4.74 Å². The first-order valence-corrected chi connectivity index (χ1v) is 9.21. The van der Waals surface area contributed by atoms with Gasteiger partial charge in [0.1, 0.15) is 5.75 Å². The summed E-state index contributed by atoms with van der Waals surface area (Å²) in [6, 6.07) is 5.43. The molecule has 1 N–H and O–H groups in total. The van der Waals surface area contributed by atoms with Crippen molar-refractivity contribution in [2.45, 2.75) is 6.18 Å². The zero-order valence-electron chi connectivity index (χ0n) is 14.8. The number of phenols is 1. The lowest BCUT2D eigenvalue weighted by Crippen LogP contribution is -2.36. The molecular formula is C18H15BrF3N3O4. The van der Waals surface area contributed by atoms with Crippen molar-refractivity contribution >= 4 is 39.2 Å². The zero-order valence-corrected chi connectivity index (χ0v) is 16.4. The molecule has 2 aromatic carbocycles. The molecule has 1 aliphatic heterocycles. The number of nitro groups is 1. The Morgan fingerprint density at radius 2 is 1.93 bits per heavy atom. The molecule has 1 heterocycles. The lowest BCUT2D eigenvalue weighted by molar-refractivity contribution is -0.385. The van der Waals surface area contributed by atoms with E-state index in [1.165, 1.54) is 6.07 Å². The molecule has 0 unspecified atom stereocenters. The second-order valence-electron chi connectivity index (χ2n) is 6.18. The highest BCUT2D eigenvalue weighted by Crippen LogP contribution is 2.38. The van der Waals surface area contributed by atoms with Gasteiger partial charge in [0.25, 0.3) is 5.69 Å². The summed E-state index contributed by atoms with van der Waals surface area (Å²) in [6.45, 7) is 1.84. The third kappa shape index (κ3) is 4.85. The van der Waals surface area contributed by atoms with Gasteiger partial charge in [0, 0.05) is 37.0 Å². The number of aromatic hydroxyl groups is 1. The number of aliphatic imine (C=N–C) groups is 1. The van der Waals surface area contributed by atoms with Gasteiger partial charge in [0.15, 0.2) is 0 Å². The van der Waals surface area contributed by atoms with E-state index in [1.54, 1.807) is 0 Å². The summed E-state index contributed by atoms with van der Waals surface area (Å²) in [7, 11) is 0. The number of alkyl halides is 3. The van der Waals surface area contributed by atoms with Gasteiger partial charge in [-0.1, -0.05) is 0 Å². The first-order valence-electron chi connectivity index (χ1n) is 8.41. The normalized spacial score (nSPS) is 15.1. The van der Waals surface area contributed by atoms with Crippen molar-refractivity contribution in [3.05, 3.63) is 56.0 Å². The van der Waals surface area contributed by atoms with Crippen LogP contribution in [0.3, 0.4) is 0 Å². The zero-order chi connectivity index (χ0) is 21.2. The van der Waals surface area contributed by atoms with Gasteiger partial charge >= 0.3 is 6.18 Å². The van der Waals surface area contributed by atoms with Crippen LogP contribution in [-0.4, -0.2) is 42.5 Å². The molecule has 1 fully saturated rings. The summed E-state index contributed by atoms with van der Waals surface area (Å²) in [5, 5.41) is 21.1. The average molecular weight is 474 g/mol. The smallest absolute Gasteiger partial charge is 0.416 e. The summed E-state index contributed by atoms with van der Waals surface area (Å²) in [5.41, 5.74) is -0.665. The van der Waals surface area contributed by atoms with Crippen LogP contribution in [0.4, 0.5) is 30.2 Å². The molecule has 29 heavy (non-hydrogen) atoms. The maximum absolute atomic E-state index is 13.2. The van der Waals surface area contributed by atoms with E-state index >= 15 is 0 Å². The Labute approximate surface area is 171 Å². The highest BCUT2D eigenvalue weighted by atomic mass is 79.9. The Morgan fingerprint density at radius 1 is 1.24 bits per heavy atom. The standard InChI is InChI=1S/C18H15BrF3N3O4/c19-14-9-13(25(27)28)7-11(17(14)26)10-23-15-8-12(18(20,21)22)1-2-16(15)24-3-5-29-6-4-24/h1-2,7-10,26H,3-6H2. The van der Waals surface area contributed by atoms with Gasteiger partial charge in [0.2, 0.25) is 0 Å². The highest BCUT2D eigenvalue weighted by Gasteiger charge is 2.31. The minimum absolute atomic E-state index is 0.00332. The molecular weight excluding hydrogens is 459 g/mol. The Hall–Kier alpha value is -2.66. The molecule has 0 amide bonds. The van der Waals surface area contributed by atoms with Crippen molar-refractivity contribution in [1.29, 1.82) is 0 Å². The summed E-state index contributed by atoms with van der Waals surface area (Å²) >= 11 is 3.02. The van der Waals surface area contributed by atoms with E-state index in [2.05, 4.69) is 20.9 Å². The minimum atomic E-state index is -4.55. The number of hydrogen-bond acceptors (Lipinski definition) is 6. The second kappa shape index (κ2) is 8.37. The van der Waals surface area contributed by atoms with Crippen LogP contribution < -0.4 is 4.90 Å². The number of nitro benzene ring substituents is 1. The van der Waals surface area contributed by atoms with E-state index < -0.39 is 16.7 Å². The maximum Gasteiger partial charge on any atom is 0.416 e. The molecule has 0 radical (unpaired) electrons. The summed E-state index contributed by atoms with van der Waals surface area (Å²) in [6.07, 6.45) is -3.45. The van der Waals surface area contributed by atoms with Crippen molar-refractivity contribution in [2.75, 3.05) is 31.2 Å². The van der Waals surface area contributed by atoms with Gasteiger partial charge in [-0.15, -0.1) is 0 Å². The second-order valence-corrected chi connectivity index (χ2v) is 7.04. The first kappa shape index (κ1) is 21.1. The predicted molar refractivity (Wildman–Crippen MR) is 104 cm³/mol. The number of morpholine rings is 1. The van der Waals surface area contributed by atoms with Crippen LogP contribution in [0.15, 0.2) is 39.8 Å². The van der Waals surface area contributed by atoms with Crippen molar-refractivity contribution < 1.29 is 27.9 Å². The third-order valence-electron chi connectivity index (χ3n) is 4.29. The highest BCUT2D eigenvalue weighted by molar-refractivity contribution is 9.10. The number of phenolic OH excluding ortho intramolecular Hbond substituents is 1. The van der Waals surface area contributed by atoms with Crippen molar-refractivity contribution in [3.63, 3.8) is 0 Å². The molecule has 0 atom stereocenters. The van der Waals surface area contributed by atoms with Gasteiger partial charge < -0.3 is 14.7 Å². The van der Waals surface area contributed by atoms with Crippen molar-refractivity contribution in [2.24, 2.45) is 4.99 Å². The van der Waals surface area contributed by atoms with Gasteiger partial charge in [0.05, 0.1) is 39.5 Å². The van der Waals surface area contributed by atoms with Crippen LogP contribution in [0.25, 0.3) is 0 Å². The van der Waals surface area contributed by atoms with E-state index in [1.807, 2.05) is 4.90 Å². The SMILES string of the molecule is O=[N+]([O-])c1cc(Br)c(O)c(C=Nc2cc(C(F)(F)F)ccc2N2CCOCC2)c1. The van der Waals surface area contributed by atoms with Crippen LogP contribution >= 0.6 is 15.9 Å². The number of anilines is 1. The number of ether oxygens (including phenoxy) is 1. The van der Waals surface area contributed by atoms with Gasteiger partial charge in [-0.25, -0.2) is 0 Å². The number of hydrogen-bond donors (Lipinski definition) is 1. The lowest BCUT2D eigenvalue weighted by Gasteiger charge is -2.30. The number of benzene rings is 2. The molecule has 2 aromatic rings. The van der Waals surface area contributed by atoms with Crippen LogP contribution in [0, 0.1) is 10.1 Å². The molecule has 1 aliphatic rings. The Morgan fingerprint density at radius 3 is 2.55 bits per heavy atom. The number of non-ortho nitro benzene ring substituents is 1. The van der Waals surface area contributed by atoms with E-state index in [-0.39, 0.29) is 27.2 Å². The van der Waals surface area contributed by atoms with Gasteiger partial charge in [-0.05, 0) is 34.1 Å².